The molecule has 5 heteroatoms. The Hall–Kier alpha value is -3.39. The van der Waals surface area contributed by atoms with E-state index < -0.39 is 5.72 Å². The number of hydrogen-bond donors (Lipinski definition) is 2. The minimum absolute atomic E-state index is 0.0566. The number of ether oxygens (including phenoxy) is 2. The summed E-state index contributed by atoms with van der Waals surface area (Å²) in [5.41, 5.74) is 7.94. The predicted molar refractivity (Wildman–Crippen MR) is 90.5 cm³/mol. The molecule has 0 radical (unpaired) electrons. The molecule has 0 aromatic heterocycles. The molecule has 24 heavy (non-hydrogen) atoms. The molecule has 0 aliphatic carbocycles. The van der Waals surface area contributed by atoms with Crippen molar-refractivity contribution in [1.29, 1.82) is 5.26 Å². The highest BCUT2D eigenvalue weighted by molar-refractivity contribution is 5.75. The van der Waals surface area contributed by atoms with Gasteiger partial charge in [-0.3, -0.25) is 0 Å². The van der Waals surface area contributed by atoms with Gasteiger partial charge >= 0.3 is 0 Å². The maximum absolute atomic E-state index is 9.47. The Bertz CT molecular complexity index is 925. The zero-order valence-electron chi connectivity index (χ0n) is 13.0. The fourth-order valence-corrected chi connectivity index (χ4v) is 3.04. The molecule has 2 aliphatic heterocycles. The van der Waals surface area contributed by atoms with Crippen molar-refractivity contribution in [3.05, 3.63) is 71.8 Å². The van der Waals surface area contributed by atoms with Crippen molar-refractivity contribution in [3.63, 3.8) is 0 Å². The highest BCUT2D eigenvalue weighted by Crippen LogP contribution is 2.44. The van der Waals surface area contributed by atoms with Crippen molar-refractivity contribution in [2.24, 2.45) is 5.73 Å². The molecule has 0 amide bonds. The van der Waals surface area contributed by atoms with Crippen molar-refractivity contribution in [2.75, 3.05) is 5.32 Å². The number of rotatable bonds is 1. The van der Waals surface area contributed by atoms with Crippen LogP contribution in [-0.4, -0.2) is 5.72 Å². The van der Waals surface area contributed by atoms with Crippen LogP contribution in [0, 0.1) is 11.3 Å². The van der Waals surface area contributed by atoms with Crippen LogP contribution in [0.4, 0.5) is 5.69 Å². The molecule has 1 spiro atoms. The number of fused-ring (bicyclic) bond motifs is 1. The van der Waals surface area contributed by atoms with E-state index in [0.29, 0.717) is 11.5 Å². The van der Waals surface area contributed by atoms with E-state index in [-0.39, 0.29) is 11.5 Å². The summed E-state index contributed by atoms with van der Waals surface area (Å²) in [6, 6.07) is 18.0. The second kappa shape index (κ2) is 5.07. The van der Waals surface area contributed by atoms with Crippen LogP contribution in [0.5, 0.6) is 5.75 Å². The van der Waals surface area contributed by atoms with Crippen LogP contribution < -0.4 is 15.8 Å². The summed E-state index contributed by atoms with van der Waals surface area (Å²) < 4.78 is 11.4. The van der Waals surface area contributed by atoms with E-state index in [0.717, 1.165) is 16.8 Å². The third-order valence-electron chi connectivity index (χ3n) is 4.09. The largest absolute Gasteiger partial charge is 0.457 e. The highest BCUT2D eigenvalue weighted by Gasteiger charge is 2.46. The summed E-state index contributed by atoms with van der Waals surface area (Å²) in [7, 11) is 0. The number of anilines is 1. The van der Waals surface area contributed by atoms with Crippen LogP contribution in [0.25, 0.3) is 11.1 Å². The Kier molecular flexibility index (Phi) is 3.00. The molecule has 0 saturated heterocycles. The van der Waals surface area contributed by atoms with Gasteiger partial charge in [0.2, 0.25) is 11.6 Å². The maximum Gasteiger partial charge on any atom is 0.245 e. The number of nitrogens with zero attached hydrogens (tertiary/aromatic N) is 1. The van der Waals surface area contributed by atoms with E-state index in [9.17, 15) is 5.26 Å². The van der Waals surface area contributed by atoms with Crippen molar-refractivity contribution >= 4 is 5.69 Å². The molecule has 118 valence electrons. The van der Waals surface area contributed by atoms with Gasteiger partial charge in [0.15, 0.2) is 5.57 Å². The summed E-state index contributed by atoms with van der Waals surface area (Å²) in [6.07, 6.45) is 1.73. The average molecular weight is 317 g/mol. The number of allylic oxidation sites excluding steroid dienone is 1. The molecule has 2 aliphatic rings. The fourth-order valence-electron chi connectivity index (χ4n) is 3.04. The van der Waals surface area contributed by atoms with Crippen LogP contribution in [0.3, 0.4) is 0 Å². The van der Waals surface area contributed by atoms with Crippen LogP contribution in [0.2, 0.25) is 0 Å². The van der Waals surface area contributed by atoms with Crippen LogP contribution >= 0.6 is 0 Å². The van der Waals surface area contributed by atoms with Gasteiger partial charge < -0.3 is 20.5 Å². The average Bonchev–Trinajstić information content (AvgIpc) is 2.92. The lowest BCUT2D eigenvalue weighted by Gasteiger charge is -2.30. The summed E-state index contributed by atoms with van der Waals surface area (Å²) in [5, 5.41) is 12.8. The molecular weight excluding hydrogens is 302 g/mol. The number of benzene rings is 2. The monoisotopic (exact) mass is 317 g/mol. The van der Waals surface area contributed by atoms with Crippen LogP contribution in [0.1, 0.15) is 6.92 Å². The van der Waals surface area contributed by atoms with Crippen molar-refractivity contribution in [1.82, 2.24) is 0 Å². The Labute approximate surface area is 139 Å². The lowest BCUT2D eigenvalue weighted by molar-refractivity contribution is 0.175. The Balaban J connectivity index is 1.77. The van der Waals surface area contributed by atoms with E-state index >= 15 is 0 Å². The minimum atomic E-state index is -1.11. The summed E-state index contributed by atoms with van der Waals surface area (Å²) in [5.74, 6) is 1.30. The van der Waals surface area contributed by atoms with E-state index in [4.69, 9.17) is 15.2 Å². The molecule has 0 saturated carbocycles. The van der Waals surface area contributed by atoms with Gasteiger partial charge in [0, 0.05) is 6.08 Å². The van der Waals surface area contributed by atoms with Crippen molar-refractivity contribution in [3.8, 4) is 22.9 Å². The first-order valence-corrected chi connectivity index (χ1v) is 7.55. The smallest absolute Gasteiger partial charge is 0.245 e. The molecule has 4 rings (SSSR count). The van der Waals surface area contributed by atoms with E-state index in [1.165, 1.54) is 0 Å². The van der Waals surface area contributed by atoms with Gasteiger partial charge in [0.05, 0.1) is 5.69 Å². The van der Waals surface area contributed by atoms with Crippen LogP contribution in [0.15, 0.2) is 71.8 Å². The zero-order chi connectivity index (χ0) is 16.7. The number of hydrogen-bond acceptors (Lipinski definition) is 5. The van der Waals surface area contributed by atoms with E-state index in [1.807, 2.05) is 48.5 Å². The molecule has 3 N–H and O–H groups in total. The van der Waals surface area contributed by atoms with Gasteiger partial charge in [-0.1, -0.05) is 36.4 Å². The van der Waals surface area contributed by atoms with E-state index in [2.05, 4.69) is 11.4 Å². The Morgan fingerprint density at radius 2 is 1.92 bits per heavy atom. The quantitative estimate of drug-likeness (QED) is 0.841. The van der Waals surface area contributed by atoms with Crippen molar-refractivity contribution < 1.29 is 9.47 Å². The molecule has 0 bridgehead atoms. The molecule has 1 atom stereocenters. The number of nitriles is 1. The Morgan fingerprint density at radius 3 is 2.67 bits per heavy atom. The molecule has 2 aromatic carbocycles. The normalized spacial score (nSPS) is 21.2. The fraction of sp³-hybridized carbons (Fsp3) is 0.105. The predicted octanol–water partition coefficient (Wildman–Crippen LogP) is 3.48. The summed E-state index contributed by atoms with van der Waals surface area (Å²) in [6.45, 7) is 1.77. The lowest BCUT2D eigenvalue weighted by atomic mass is 10.0. The highest BCUT2D eigenvalue weighted by atomic mass is 16.5. The maximum atomic E-state index is 9.47. The second-order valence-corrected chi connectivity index (χ2v) is 5.75. The van der Waals surface area contributed by atoms with E-state index in [1.54, 1.807) is 13.0 Å². The standard InChI is InChI=1S/C19H15N3O2/c1-12-10-19(15(11-20)18(21)23-12)22-16-9-14(7-8-17(16)24-19)13-5-3-2-4-6-13/h2-10,22H,21H2,1H3. The van der Waals surface area contributed by atoms with Gasteiger partial charge in [-0.2, -0.15) is 5.26 Å². The molecule has 5 nitrogen and oxygen atoms in total. The molecule has 2 aromatic rings. The van der Waals surface area contributed by atoms with Crippen LogP contribution in [-0.2, 0) is 4.74 Å². The van der Waals surface area contributed by atoms with Gasteiger partial charge in [-0.25, -0.2) is 0 Å². The van der Waals surface area contributed by atoms with Crippen molar-refractivity contribution in [2.45, 2.75) is 12.6 Å². The summed E-state index contributed by atoms with van der Waals surface area (Å²) >= 11 is 0. The summed E-state index contributed by atoms with van der Waals surface area (Å²) in [4.78, 5) is 0. The third-order valence-corrected chi connectivity index (χ3v) is 4.09. The zero-order valence-corrected chi connectivity index (χ0v) is 13.0. The van der Waals surface area contributed by atoms with Gasteiger partial charge in [0.25, 0.3) is 0 Å². The van der Waals surface area contributed by atoms with Gasteiger partial charge in [-0.15, -0.1) is 0 Å². The molecule has 0 fully saturated rings. The van der Waals surface area contributed by atoms with Gasteiger partial charge in [-0.05, 0) is 30.2 Å². The first-order chi connectivity index (χ1) is 11.6. The minimum Gasteiger partial charge on any atom is -0.457 e. The first kappa shape index (κ1) is 14.2. The molecular formula is C19H15N3O2. The van der Waals surface area contributed by atoms with Gasteiger partial charge in [0.1, 0.15) is 17.6 Å². The number of nitrogens with one attached hydrogen (secondary N) is 1. The first-order valence-electron chi connectivity index (χ1n) is 7.55. The number of nitrogens with two attached hydrogens (primary N) is 1. The SMILES string of the molecule is CC1=CC2(Nc3cc(-c4ccccc4)ccc3O2)C(C#N)=C(N)O1. The third kappa shape index (κ3) is 2.09. The lowest BCUT2D eigenvalue weighted by Crippen LogP contribution is -2.44. The molecule has 2 heterocycles. The second-order valence-electron chi connectivity index (χ2n) is 5.75. The topological polar surface area (TPSA) is 80.3 Å². The molecule has 1 unspecified atom stereocenters. The Morgan fingerprint density at radius 1 is 1.12 bits per heavy atom.